The second-order valence-corrected chi connectivity index (χ2v) is 15.7. The van der Waals surface area contributed by atoms with Crippen LogP contribution in [0.1, 0.15) is 168 Å². The number of carbonyl (C=O) groups is 1. The number of rotatable bonds is 30. The minimum Gasteiger partial charge on any atom is -0.476 e. The second-order valence-electron chi connectivity index (χ2n) is 15.7. The van der Waals surface area contributed by atoms with E-state index in [2.05, 4.69) is 40.7 Å². The normalized spacial score (nSPS) is 16.8. The maximum atomic E-state index is 12.4. The standard InChI is InChI=1S/C41H82N4O2/c1-6-8-10-12-14-16-18-19-20-21-22-23-25-27-29-31-33-43-35-34-42(32-30-28-26-24-17-15-13-11-9-7-2)36-38-44(39-37-43)40(41(46)47)45(3,4)5/h19-20,40H,6-18,21-39H2,1-5H3/p+1/b20-19-. The third-order valence-corrected chi connectivity index (χ3v) is 10.3. The van der Waals surface area contributed by atoms with Gasteiger partial charge in [0, 0.05) is 39.3 Å². The van der Waals surface area contributed by atoms with Crippen LogP contribution in [-0.2, 0) is 4.79 Å². The second kappa shape index (κ2) is 29.9. The third-order valence-electron chi connectivity index (χ3n) is 10.3. The van der Waals surface area contributed by atoms with Gasteiger partial charge in [0.1, 0.15) is 0 Å². The Bertz CT molecular complexity index is 737. The van der Waals surface area contributed by atoms with Crippen LogP contribution in [0.3, 0.4) is 0 Å². The van der Waals surface area contributed by atoms with Crippen molar-refractivity contribution in [2.24, 2.45) is 0 Å². The highest BCUT2D eigenvalue weighted by Gasteiger charge is 2.37. The molecule has 0 aliphatic carbocycles. The van der Waals surface area contributed by atoms with E-state index in [1.165, 1.54) is 154 Å². The van der Waals surface area contributed by atoms with Crippen molar-refractivity contribution in [3.63, 3.8) is 0 Å². The Morgan fingerprint density at radius 3 is 1.19 bits per heavy atom. The van der Waals surface area contributed by atoms with Gasteiger partial charge in [-0.3, -0.25) is 0 Å². The third kappa shape index (κ3) is 24.8. The van der Waals surface area contributed by atoms with Crippen molar-refractivity contribution in [3.8, 4) is 0 Å². The molecule has 278 valence electrons. The van der Waals surface area contributed by atoms with Crippen molar-refractivity contribution < 1.29 is 14.4 Å². The molecule has 47 heavy (non-hydrogen) atoms. The maximum absolute atomic E-state index is 12.4. The van der Waals surface area contributed by atoms with Gasteiger partial charge in [-0.2, -0.15) is 0 Å². The minimum absolute atomic E-state index is 0.433. The van der Waals surface area contributed by atoms with E-state index in [1.54, 1.807) is 0 Å². The Labute approximate surface area is 294 Å². The van der Waals surface area contributed by atoms with Crippen molar-refractivity contribution in [3.05, 3.63) is 12.2 Å². The van der Waals surface area contributed by atoms with E-state index in [-0.39, 0.29) is 0 Å². The molecule has 0 amide bonds. The Morgan fingerprint density at radius 1 is 0.532 bits per heavy atom. The molecule has 6 nitrogen and oxygen atoms in total. The molecule has 0 saturated carbocycles. The summed E-state index contributed by atoms with van der Waals surface area (Å²) < 4.78 is 0.433. The fraction of sp³-hybridized carbons (Fsp3) is 0.927. The first-order chi connectivity index (χ1) is 22.8. The molecule has 1 N–H and O–H groups in total. The molecule has 0 bridgehead atoms. The summed E-state index contributed by atoms with van der Waals surface area (Å²) >= 11 is 0. The van der Waals surface area contributed by atoms with E-state index in [0.717, 1.165) is 52.4 Å². The molecule has 0 aromatic rings. The van der Waals surface area contributed by atoms with Crippen LogP contribution in [0.4, 0.5) is 0 Å². The number of hydrogen-bond acceptors (Lipinski definition) is 4. The van der Waals surface area contributed by atoms with Crippen LogP contribution < -0.4 is 0 Å². The Balaban J connectivity index is 2.39. The number of carboxylic acid groups (broad SMARTS) is 1. The van der Waals surface area contributed by atoms with Gasteiger partial charge in [0.05, 0.1) is 21.1 Å². The van der Waals surface area contributed by atoms with Gasteiger partial charge in [0.2, 0.25) is 6.17 Å². The first-order valence-electron chi connectivity index (χ1n) is 20.7. The molecule has 1 heterocycles. The molecule has 1 aliphatic rings. The molecule has 0 radical (unpaired) electrons. The maximum Gasteiger partial charge on any atom is 0.379 e. The van der Waals surface area contributed by atoms with E-state index >= 15 is 0 Å². The quantitative estimate of drug-likeness (QED) is 0.0471. The summed E-state index contributed by atoms with van der Waals surface area (Å²) in [4.78, 5) is 19.9. The zero-order valence-corrected chi connectivity index (χ0v) is 32.5. The van der Waals surface area contributed by atoms with Crippen LogP contribution in [0, 0.1) is 0 Å². The number of likely N-dealkylation sites (N-methyl/N-ethyl adjacent to an activating group) is 1. The highest BCUT2D eigenvalue weighted by atomic mass is 16.4. The van der Waals surface area contributed by atoms with E-state index in [4.69, 9.17) is 0 Å². The van der Waals surface area contributed by atoms with Gasteiger partial charge in [0.15, 0.2) is 0 Å². The highest BCUT2D eigenvalue weighted by molar-refractivity contribution is 5.71. The molecule has 1 fully saturated rings. The number of nitrogens with zero attached hydrogens (tertiary/aromatic N) is 4. The molecule has 6 heteroatoms. The topological polar surface area (TPSA) is 47.0 Å². The van der Waals surface area contributed by atoms with Crippen molar-refractivity contribution in [1.82, 2.24) is 14.7 Å². The van der Waals surface area contributed by atoms with E-state index in [0.29, 0.717) is 4.48 Å². The summed E-state index contributed by atoms with van der Waals surface area (Å²) in [7, 11) is 6.08. The molecule has 0 aromatic heterocycles. The summed E-state index contributed by atoms with van der Waals surface area (Å²) in [5.74, 6) is -0.696. The first-order valence-corrected chi connectivity index (χ1v) is 20.7. The lowest BCUT2D eigenvalue weighted by Gasteiger charge is -2.39. The first kappa shape index (κ1) is 44.1. The number of quaternary nitrogens is 1. The monoisotopic (exact) mass is 664 g/mol. The van der Waals surface area contributed by atoms with E-state index < -0.39 is 12.1 Å². The number of carboxylic acids is 1. The Hall–Kier alpha value is -0.950. The van der Waals surface area contributed by atoms with Crippen LogP contribution in [0.5, 0.6) is 0 Å². The lowest BCUT2D eigenvalue weighted by atomic mass is 10.1. The molecular formula is C41H83N4O2+. The average Bonchev–Trinajstić information content (AvgIpc) is 3.12. The van der Waals surface area contributed by atoms with E-state index in [9.17, 15) is 9.90 Å². The van der Waals surface area contributed by atoms with Crippen LogP contribution in [-0.4, -0.2) is 110 Å². The molecular weight excluding hydrogens is 580 g/mol. The molecule has 1 saturated heterocycles. The van der Waals surface area contributed by atoms with E-state index in [1.807, 2.05) is 21.1 Å². The largest absolute Gasteiger partial charge is 0.476 e. The van der Waals surface area contributed by atoms with Crippen LogP contribution in [0.15, 0.2) is 12.2 Å². The van der Waals surface area contributed by atoms with Crippen LogP contribution in [0.25, 0.3) is 0 Å². The lowest BCUT2D eigenvalue weighted by Crippen LogP contribution is -2.61. The van der Waals surface area contributed by atoms with Gasteiger partial charge >= 0.3 is 5.97 Å². The predicted molar refractivity (Wildman–Crippen MR) is 205 cm³/mol. The number of allylic oxidation sites excluding steroid dienone is 2. The highest BCUT2D eigenvalue weighted by Crippen LogP contribution is 2.15. The van der Waals surface area contributed by atoms with Crippen molar-refractivity contribution in [1.29, 1.82) is 0 Å². The molecule has 1 rings (SSSR count). The summed E-state index contributed by atoms with van der Waals surface area (Å²) in [6, 6.07) is 0. The molecule has 0 spiro atoms. The Morgan fingerprint density at radius 2 is 0.851 bits per heavy atom. The van der Waals surface area contributed by atoms with Crippen LogP contribution in [0.2, 0.25) is 0 Å². The predicted octanol–water partition coefficient (Wildman–Crippen LogP) is 9.98. The number of unbranched alkanes of at least 4 members (excludes halogenated alkanes) is 21. The van der Waals surface area contributed by atoms with Crippen molar-refractivity contribution in [2.45, 2.75) is 174 Å². The fourth-order valence-electron chi connectivity index (χ4n) is 7.23. The van der Waals surface area contributed by atoms with Crippen LogP contribution >= 0.6 is 0 Å². The zero-order valence-electron chi connectivity index (χ0n) is 32.5. The van der Waals surface area contributed by atoms with Gasteiger partial charge in [-0.1, -0.05) is 142 Å². The summed E-state index contributed by atoms with van der Waals surface area (Å²) in [5, 5.41) is 10.2. The average molecular weight is 664 g/mol. The number of hydrogen-bond donors (Lipinski definition) is 1. The van der Waals surface area contributed by atoms with Gasteiger partial charge < -0.3 is 19.4 Å². The number of aliphatic carboxylic acids is 1. The zero-order chi connectivity index (χ0) is 34.4. The summed E-state index contributed by atoms with van der Waals surface area (Å²) in [6.45, 7) is 12.7. The van der Waals surface area contributed by atoms with Gasteiger partial charge in [-0.15, -0.1) is 0 Å². The molecule has 1 unspecified atom stereocenters. The minimum atomic E-state index is -0.696. The molecule has 0 aromatic carbocycles. The SMILES string of the molecule is CCCCCCCC/C=C\CCCCCCCCN1CCN(CCCCCCCCCCCC)CCN(C(C(=O)O)[N+](C)(C)C)CC1. The molecule has 1 aliphatic heterocycles. The Kier molecular flexibility index (Phi) is 28.1. The summed E-state index contributed by atoms with van der Waals surface area (Å²) in [6.07, 6.45) is 36.8. The van der Waals surface area contributed by atoms with Crippen molar-refractivity contribution >= 4 is 5.97 Å². The fourth-order valence-corrected chi connectivity index (χ4v) is 7.23. The summed E-state index contributed by atoms with van der Waals surface area (Å²) in [5.41, 5.74) is 0. The van der Waals surface area contributed by atoms with Gasteiger partial charge in [-0.05, 0) is 51.6 Å². The van der Waals surface area contributed by atoms with Gasteiger partial charge in [-0.25, -0.2) is 9.69 Å². The lowest BCUT2D eigenvalue weighted by molar-refractivity contribution is -0.899. The van der Waals surface area contributed by atoms with Crippen molar-refractivity contribution in [2.75, 3.05) is 73.5 Å². The molecule has 1 atom stereocenters. The van der Waals surface area contributed by atoms with Gasteiger partial charge in [0.25, 0.3) is 0 Å². The smallest absolute Gasteiger partial charge is 0.379 e.